The topological polar surface area (TPSA) is 64.3 Å². The Kier molecular flexibility index (Phi) is 4.90. The first-order chi connectivity index (χ1) is 11.1. The number of carbonyl (C=O) groups is 1. The highest BCUT2D eigenvalue weighted by atomic mass is 16.5. The predicted molar refractivity (Wildman–Crippen MR) is 91.2 cm³/mol. The lowest BCUT2D eigenvalue weighted by Crippen LogP contribution is -2.45. The van der Waals surface area contributed by atoms with Crippen LogP contribution in [0.15, 0.2) is 24.3 Å². The highest BCUT2D eigenvalue weighted by Gasteiger charge is 2.38. The molecule has 0 aromatic heterocycles. The molecule has 23 heavy (non-hydrogen) atoms. The van der Waals surface area contributed by atoms with Crippen molar-refractivity contribution in [2.24, 2.45) is 11.7 Å². The number of rotatable bonds is 5. The molecule has 126 valence electrons. The fourth-order valence-electron chi connectivity index (χ4n) is 4.25. The Morgan fingerprint density at radius 1 is 1.22 bits per heavy atom. The van der Waals surface area contributed by atoms with E-state index in [-0.39, 0.29) is 17.5 Å². The Labute approximate surface area is 138 Å². The van der Waals surface area contributed by atoms with E-state index in [0.29, 0.717) is 12.3 Å². The average molecular weight is 316 g/mol. The van der Waals surface area contributed by atoms with E-state index < -0.39 is 0 Å². The van der Waals surface area contributed by atoms with Crippen molar-refractivity contribution in [2.75, 3.05) is 7.11 Å². The van der Waals surface area contributed by atoms with Crippen LogP contribution in [0.4, 0.5) is 0 Å². The van der Waals surface area contributed by atoms with E-state index in [1.165, 1.54) is 5.56 Å². The SMILES string of the molecule is COc1ccc(C2(NC(=O)C[C@@H]3CCC[C@H]3N)CCCC2)cc1. The second kappa shape index (κ2) is 6.91. The zero-order chi connectivity index (χ0) is 16.3. The maximum absolute atomic E-state index is 12.6. The van der Waals surface area contributed by atoms with Crippen molar-refractivity contribution in [1.29, 1.82) is 0 Å². The van der Waals surface area contributed by atoms with Crippen LogP contribution in [0.3, 0.4) is 0 Å². The van der Waals surface area contributed by atoms with Crippen LogP contribution in [-0.4, -0.2) is 19.1 Å². The van der Waals surface area contributed by atoms with Crippen LogP contribution in [0.5, 0.6) is 5.75 Å². The minimum atomic E-state index is -0.202. The number of nitrogens with one attached hydrogen (secondary N) is 1. The van der Waals surface area contributed by atoms with Crippen LogP contribution in [-0.2, 0) is 10.3 Å². The molecule has 1 aromatic rings. The van der Waals surface area contributed by atoms with Crippen LogP contribution in [0.2, 0.25) is 0 Å². The molecule has 2 aliphatic rings. The van der Waals surface area contributed by atoms with Gasteiger partial charge in [0.15, 0.2) is 0 Å². The van der Waals surface area contributed by atoms with Crippen LogP contribution >= 0.6 is 0 Å². The molecule has 4 heteroatoms. The number of hydrogen-bond acceptors (Lipinski definition) is 3. The van der Waals surface area contributed by atoms with Gasteiger partial charge in [-0.05, 0) is 49.3 Å². The molecule has 2 aliphatic carbocycles. The first kappa shape index (κ1) is 16.3. The highest BCUT2D eigenvalue weighted by molar-refractivity contribution is 5.77. The highest BCUT2D eigenvalue weighted by Crippen LogP contribution is 2.39. The van der Waals surface area contributed by atoms with E-state index in [0.717, 1.165) is 50.7 Å². The maximum atomic E-state index is 12.6. The number of nitrogens with two attached hydrogens (primary N) is 1. The molecule has 0 saturated heterocycles. The summed E-state index contributed by atoms with van der Waals surface area (Å²) < 4.78 is 5.25. The Morgan fingerprint density at radius 2 is 1.91 bits per heavy atom. The van der Waals surface area contributed by atoms with Gasteiger partial charge in [0.1, 0.15) is 5.75 Å². The van der Waals surface area contributed by atoms with Gasteiger partial charge in [0, 0.05) is 12.5 Å². The zero-order valence-electron chi connectivity index (χ0n) is 14.0. The van der Waals surface area contributed by atoms with Crippen LogP contribution in [0.1, 0.15) is 56.9 Å². The molecule has 3 rings (SSSR count). The minimum absolute atomic E-state index is 0.157. The van der Waals surface area contributed by atoms with Gasteiger partial charge in [-0.3, -0.25) is 4.79 Å². The van der Waals surface area contributed by atoms with Crippen molar-refractivity contribution in [2.45, 2.75) is 62.9 Å². The summed E-state index contributed by atoms with van der Waals surface area (Å²) in [7, 11) is 1.67. The molecule has 3 N–H and O–H groups in total. The van der Waals surface area contributed by atoms with Gasteiger partial charge in [-0.15, -0.1) is 0 Å². The number of ether oxygens (including phenoxy) is 1. The van der Waals surface area contributed by atoms with E-state index >= 15 is 0 Å². The van der Waals surface area contributed by atoms with Crippen molar-refractivity contribution in [3.63, 3.8) is 0 Å². The van der Waals surface area contributed by atoms with E-state index in [1.807, 2.05) is 12.1 Å². The summed E-state index contributed by atoms with van der Waals surface area (Å²) in [4.78, 5) is 12.6. The number of hydrogen-bond donors (Lipinski definition) is 2. The standard InChI is InChI=1S/C19H28N2O2/c1-23-16-9-7-15(8-10-16)19(11-2-3-12-19)21-18(22)13-14-5-4-6-17(14)20/h7-10,14,17H,2-6,11-13,20H2,1H3,(H,21,22)/t14-,17+/m0/s1. The summed E-state index contributed by atoms with van der Waals surface area (Å²) in [6.07, 6.45) is 8.22. The summed E-state index contributed by atoms with van der Waals surface area (Å²) in [5.41, 5.74) is 7.11. The van der Waals surface area contributed by atoms with Gasteiger partial charge < -0.3 is 15.8 Å². The molecule has 0 radical (unpaired) electrons. The van der Waals surface area contributed by atoms with Gasteiger partial charge in [0.05, 0.1) is 12.6 Å². The van der Waals surface area contributed by atoms with Crippen molar-refractivity contribution in [1.82, 2.24) is 5.32 Å². The predicted octanol–water partition coefficient (Wildman–Crippen LogP) is 3.10. The van der Waals surface area contributed by atoms with E-state index in [9.17, 15) is 4.79 Å². The summed E-state index contributed by atoms with van der Waals surface area (Å²) in [5.74, 6) is 1.36. The Balaban J connectivity index is 1.71. The second-order valence-corrected chi connectivity index (χ2v) is 7.12. The molecule has 1 amide bonds. The minimum Gasteiger partial charge on any atom is -0.497 e. The third-order valence-corrected chi connectivity index (χ3v) is 5.64. The molecule has 0 bridgehead atoms. The normalized spacial score (nSPS) is 26.2. The first-order valence-electron chi connectivity index (χ1n) is 8.84. The quantitative estimate of drug-likeness (QED) is 0.877. The van der Waals surface area contributed by atoms with Gasteiger partial charge in [-0.25, -0.2) is 0 Å². The molecular weight excluding hydrogens is 288 g/mol. The largest absolute Gasteiger partial charge is 0.497 e. The van der Waals surface area contributed by atoms with E-state index in [1.54, 1.807) is 7.11 Å². The Morgan fingerprint density at radius 3 is 2.48 bits per heavy atom. The summed E-state index contributed by atoms with van der Waals surface area (Å²) in [6.45, 7) is 0. The Hall–Kier alpha value is -1.55. The smallest absolute Gasteiger partial charge is 0.221 e. The van der Waals surface area contributed by atoms with Gasteiger partial charge in [-0.1, -0.05) is 31.4 Å². The van der Waals surface area contributed by atoms with Crippen LogP contribution in [0, 0.1) is 5.92 Å². The third kappa shape index (κ3) is 3.52. The third-order valence-electron chi connectivity index (χ3n) is 5.64. The fourth-order valence-corrected chi connectivity index (χ4v) is 4.25. The van der Waals surface area contributed by atoms with Gasteiger partial charge in [-0.2, -0.15) is 0 Å². The van der Waals surface area contributed by atoms with Crippen molar-refractivity contribution in [3.05, 3.63) is 29.8 Å². The molecule has 0 aliphatic heterocycles. The molecule has 4 nitrogen and oxygen atoms in total. The Bertz CT molecular complexity index is 535. The van der Waals surface area contributed by atoms with Crippen molar-refractivity contribution >= 4 is 5.91 Å². The number of methoxy groups -OCH3 is 1. The first-order valence-corrected chi connectivity index (χ1v) is 8.84. The van der Waals surface area contributed by atoms with Gasteiger partial charge >= 0.3 is 0 Å². The number of benzene rings is 1. The molecule has 0 heterocycles. The van der Waals surface area contributed by atoms with E-state index in [4.69, 9.17) is 10.5 Å². The maximum Gasteiger partial charge on any atom is 0.221 e. The molecule has 2 fully saturated rings. The average Bonchev–Trinajstić information content (AvgIpc) is 3.18. The lowest BCUT2D eigenvalue weighted by molar-refractivity contribution is -0.124. The molecular formula is C19H28N2O2. The van der Waals surface area contributed by atoms with Crippen molar-refractivity contribution < 1.29 is 9.53 Å². The molecule has 2 atom stereocenters. The summed E-state index contributed by atoms with van der Waals surface area (Å²) >= 11 is 0. The lowest BCUT2D eigenvalue weighted by atomic mass is 9.87. The van der Waals surface area contributed by atoms with Gasteiger partial charge in [0.25, 0.3) is 0 Å². The zero-order valence-corrected chi connectivity index (χ0v) is 14.0. The lowest BCUT2D eigenvalue weighted by Gasteiger charge is -2.32. The molecule has 0 unspecified atom stereocenters. The van der Waals surface area contributed by atoms with E-state index in [2.05, 4.69) is 17.4 Å². The van der Waals surface area contributed by atoms with Crippen LogP contribution < -0.4 is 15.8 Å². The molecule has 0 spiro atoms. The molecule has 1 aromatic carbocycles. The summed E-state index contributed by atoms with van der Waals surface area (Å²) in [6, 6.07) is 8.33. The monoisotopic (exact) mass is 316 g/mol. The fraction of sp³-hybridized carbons (Fsp3) is 0.632. The number of amides is 1. The van der Waals surface area contributed by atoms with Crippen LogP contribution in [0.25, 0.3) is 0 Å². The second-order valence-electron chi connectivity index (χ2n) is 7.12. The van der Waals surface area contributed by atoms with Crippen molar-refractivity contribution in [3.8, 4) is 5.75 Å². The summed E-state index contributed by atoms with van der Waals surface area (Å²) in [5, 5.41) is 3.36. The molecule has 2 saturated carbocycles. The van der Waals surface area contributed by atoms with Gasteiger partial charge in [0.2, 0.25) is 5.91 Å². The number of carbonyl (C=O) groups excluding carboxylic acids is 1.